The molecule has 6 heteroatoms. The molecule has 1 aromatic carbocycles. The molecule has 0 aliphatic heterocycles. The molecule has 0 heterocycles. The highest BCUT2D eigenvalue weighted by Gasteiger charge is 2.24. The summed E-state index contributed by atoms with van der Waals surface area (Å²) in [5.41, 5.74) is -1.26. The SMILES string of the molecule is CC(=O)c1ccc(C#N)c(C=O)c1[N+](=O)[O-]. The average Bonchev–Trinajstić information content (AvgIpc) is 2.26. The van der Waals surface area contributed by atoms with Crippen LogP contribution in [0, 0.1) is 21.4 Å². The summed E-state index contributed by atoms with van der Waals surface area (Å²) in [6.45, 7) is 1.16. The minimum Gasteiger partial charge on any atom is -0.298 e. The summed E-state index contributed by atoms with van der Waals surface area (Å²) >= 11 is 0. The van der Waals surface area contributed by atoms with Gasteiger partial charge in [0.05, 0.1) is 16.1 Å². The molecule has 0 fully saturated rings. The number of nitro groups is 1. The van der Waals surface area contributed by atoms with Crippen molar-refractivity contribution in [1.82, 2.24) is 0 Å². The van der Waals surface area contributed by atoms with Gasteiger partial charge in [-0.3, -0.25) is 19.7 Å². The quantitative estimate of drug-likeness (QED) is 0.331. The molecule has 6 nitrogen and oxygen atoms in total. The number of nitriles is 1. The highest BCUT2D eigenvalue weighted by Crippen LogP contribution is 2.25. The Morgan fingerprint density at radius 3 is 2.56 bits per heavy atom. The Labute approximate surface area is 90.3 Å². The van der Waals surface area contributed by atoms with Crippen molar-refractivity contribution in [2.75, 3.05) is 0 Å². The number of carbonyl (C=O) groups excluding carboxylic acids is 2. The lowest BCUT2D eigenvalue weighted by molar-refractivity contribution is -0.385. The second-order valence-electron chi connectivity index (χ2n) is 2.97. The second-order valence-corrected chi connectivity index (χ2v) is 2.97. The van der Waals surface area contributed by atoms with Crippen LogP contribution in [-0.4, -0.2) is 17.0 Å². The summed E-state index contributed by atoms with van der Waals surface area (Å²) in [4.78, 5) is 31.8. The van der Waals surface area contributed by atoms with Crippen LogP contribution in [0.1, 0.15) is 33.2 Å². The number of carbonyl (C=O) groups is 2. The van der Waals surface area contributed by atoms with Crippen LogP contribution < -0.4 is 0 Å². The first-order valence-corrected chi connectivity index (χ1v) is 4.20. The van der Waals surface area contributed by atoms with Crippen molar-refractivity contribution in [2.24, 2.45) is 0 Å². The fraction of sp³-hybridized carbons (Fsp3) is 0.100. The summed E-state index contributed by atoms with van der Waals surface area (Å²) in [6, 6.07) is 4.05. The molecule has 0 aliphatic rings. The summed E-state index contributed by atoms with van der Waals surface area (Å²) in [7, 11) is 0. The molecule has 0 saturated carbocycles. The number of nitro benzene ring substituents is 1. The van der Waals surface area contributed by atoms with E-state index in [0.717, 1.165) is 6.92 Å². The smallest absolute Gasteiger partial charge is 0.291 e. The lowest BCUT2D eigenvalue weighted by atomic mass is 10.0. The van der Waals surface area contributed by atoms with Crippen molar-refractivity contribution in [3.8, 4) is 6.07 Å². The summed E-state index contributed by atoms with van der Waals surface area (Å²) < 4.78 is 0. The molecule has 0 saturated heterocycles. The first-order chi connectivity index (χ1) is 7.52. The zero-order valence-electron chi connectivity index (χ0n) is 8.26. The van der Waals surface area contributed by atoms with E-state index < -0.39 is 16.4 Å². The van der Waals surface area contributed by atoms with Gasteiger partial charge in [-0.25, -0.2) is 0 Å². The number of aldehydes is 1. The summed E-state index contributed by atoms with van der Waals surface area (Å²) in [6.07, 6.45) is 0.211. The zero-order chi connectivity index (χ0) is 12.3. The van der Waals surface area contributed by atoms with E-state index in [0.29, 0.717) is 0 Å². The van der Waals surface area contributed by atoms with Crippen LogP contribution in [0.5, 0.6) is 0 Å². The predicted molar refractivity (Wildman–Crippen MR) is 53.2 cm³/mol. The van der Waals surface area contributed by atoms with E-state index in [-0.39, 0.29) is 23.0 Å². The van der Waals surface area contributed by atoms with E-state index in [4.69, 9.17) is 5.26 Å². The fourth-order valence-corrected chi connectivity index (χ4v) is 1.31. The molecule has 0 atom stereocenters. The molecule has 0 aromatic heterocycles. The first kappa shape index (κ1) is 11.5. The van der Waals surface area contributed by atoms with Gasteiger partial charge < -0.3 is 0 Å². The highest BCUT2D eigenvalue weighted by molar-refractivity contribution is 6.02. The van der Waals surface area contributed by atoms with Gasteiger partial charge in [-0.1, -0.05) is 0 Å². The Morgan fingerprint density at radius 2 is 2.19 bits per heavy atom. The van der Waals surface area contributed by atoms with Crippen LogP contribution in [0.25, 0.3) is 0 Å². The van der Waals surface area contributed by atoms with Crippen molar-refractivity contribution in [3.63, 3.8) is 0 Å². The van der Waals surface area contributed by atoms with Gasteiger partial charge in [0.25, 0.3) is 5.69 Å². The van der Waals surface area contributed by atoms with E-state index in [1.54, 1.807) is 6.07 Å². The maximum atomic E-state index is 11.1. The molecule has 0 spiro atoms. The largest absolute Gasteiger partial charge is 0.298 e. The summed E-state index contributed by atoms with van der Waals surface area (Å²) in [5.74, 6) is -0.528. The van der Waals surface area contributed by atoms with E-state index in [2.05, 4.69) is 0 Å². The van der Waals surface area contributed by atoms with E-state index in [1.807, 2.05) is 0 Å². The van der Waals surface area contributed by atoms with Crippen LogP contribution in [-0.2, 0) is 0 Å². The highest BCUT2D eigenvalue weighted by atomic mass is 16.6. The zero-order valence-corrected chi connectivity index (χ0v) is 8.26. The molecular formula is C10H6N2O4. The topological polar surface area (TPSA) is 101 Å². The Bertz CT molecular complexity index is 528. The number of hydrogen-bond donors (Lipinski definition) is 0. The maximum absolute atomic E-state index is 11.1. The molecule has 0 N–H and O–H groups in total. The van der Waals surface area contributed by atoms with Crippen LogP contribution in [0.4, 0.5) is 5.69 Å². The van der Waals surface area contributed by atoms with E-state index >= 15 is 0 Å². The Kier molecular flexibility index (Phi) is 3.11. The molecule has 1 aromatic rings. The van der Waals surface area contributed by atoms with Gasteiger partial charge in [0.15, 0.2) is 12.1 Å². The monoisotopic (exact) mass is 218 g/mol. The van der Waals surface area contributed by atoms with Gasteiger partial charge in [0.1, 0.15) is 11.6 Å². The third kappa shape index (κ3) is 1.79. The van der Waals surface area contributed by atoms with Gasteiger partial charge in [-0.2, -0.15) is 5.26 Å². The molecule has 0 aliphatic carbocycles. The van der Waals surface area contributed by atoms with Crippen molar-refractivity contribution >= 4 is 17.8 Å². The van der Waals surface area contributed by atoms with Gasteiger partial charge >= 0.3 is 0 Å². The van der Waals surface area contributed by atoms with Crippen molar-refractivity contribution in [1.29, 1.82) is 5.26 Å². The van der Waals surface area contributed by atoms with Gasteiger partial charge in [0.2, 0.25) is 0 Å². The predicted octanol–water partition coefficient (Wildman–Crippen LogP) is 1.48. The molecule has 0 bridgehead atoms. The van der Waals surface area contributed by atoms with Crippen molar-refractivity contribution < 1.29 is 14.5 Å². The number of ketones is 1. The molecule has 80 valence electrons. The molecule has 0 amide bonds. The van der Waals surface area contributed by atoms with E-state index in [1.165, 1.54) is 12.1 Å². The lowest BCUT2D eigenvalue weighted by Crippen LogP contribution is -2.05. The average molecular weight is 218 g/mol. The Morgan fingerprint density at radius 1 is 1.56 bits per heavy atom. The first-order valence-electron chi connectivity index (χ1n) is 4.20. The van der Waals surface area contributed by atoms with Crippen LogP contribution in [0.2, 0.25) is 0 Å². The minimum absolute atomic E-state index is 0.119. The molecule has 0 unspecified atom stereocenters. The van der Waals surface area contributed by atoms with Crippen LogP contribution in [0.3, 0.4) is 0 Å². The Balaban J connectivity index is 3.72. The van der Waals surface area contributed by atoms with Crippen molar-refractivity contribution in [2.45, 2.75) is 6.92 Å². The third-order valence-corrected chi connectivity index (χ3v) is 2.02. The molecule has 1 rings (SSSR count). The molecule has 16 heavy (non-hydrogen) atoms. The van der Waals surface area contributed by atoms with Crippen molar-refractivity contribution in [3.05, 3.63) is 38.9 Å². The lowest BCUT2D eigenvalue weighted by Gasteiger charge is -2.02. The number of rotatable bonds is 3. The summed E-state index contributed by atoms with van der Waals surface area (Å²) in [5, 5.41) is 19.4. The number of benzene rings is 1. The third-order valence-electron chi connectivity index (χ3n) is 2.02. The number of nitrogens with zero attached hydrogens (tertiary/aromatic N) is 2. The van der Waals surface area contributed by atoms with Gasteiger partial charge in [-0.15, -0.1) is 0 Å². The fourth-order valence-electron chi connectivity index (χ4n) is 1.31. The normalized spacial score (nSPS) is 9.25. The van der Waals surface area contributed by atoms with Crippen LogP contribution in [0.15, 0.2) is 12.1 Å². The van der Waals surface area contributed by atoms with Crippen LogP contribution >= 0.6 is 0 Å². The van der Waals surface area contributed by atoms with Gasteiger partial charge in [-0.05, 0) is 19.1 Å². The molecule has 0 radical (unpaired) electrons. The maximum Gasteiger partial charge on any atom is 0.291 e. The second kappa shape index (κ2) is 4.31. The molecular weight excluding hydrogens is 212 g/mol. The van der Waals surface area contributed by atoms with Gasteiger partial charge in [0, 0.05) is 0 Å². The Hall–Kier alpha value is -2.55. The number of Topliss-reactive ketones (excluding diaryl/α,β-unsaturated/α-hetero) is 1. The minimum atomic E-state index is -0.832. The number of hydrogen-bond acceptors (Lipinski definition) is 5. The standard InChI is InChI=1S/C10H6N2O4/c1-6(14)8-3-2-7(4-11)9(5-13)10(8)12(15)16/h2-3,5H,1H3. The van der Waals surface area contributed by atoms with E-state index in [9.17, 15) is 19.7 Å².